The summed E-state index contributed by atoms with van der Waals surface area (Å²) in [7, 11) is 4.44. The van der Waals surface area contributed by atoms with Gasteiger partial charge in [0.15, 0.2) is 0 Å². The zero-order chi connectivity index (χ0) is 23.7. The maximum atomic E-state index is 13.0. The van der Waals surface area contributed by atoms with Crippen LogP contribution in [0.3, 0.4) is 0 Å². The van der Waals surface area contributed by atoms with Gasteiger partial charge in [0, 0.05) is 37.0 Å². The summed E-state index contributed by atoms with van der Waals surface area (Å²) < 4.78 is 0. The molecule has 0 aromatic carbocycles. The quantitative estimate of drug-likeness (QED) is 0.466. The molecule has 1 spiro atoms. The van der Waals surface area contributed by atoms with Crippen molar-refractivity contribution in [3.8, 4) is 0 Å². The average Bonchev–Trinajstić information content (AvgIpc) is 3.53. The highest BCUT2D eigenvalue weighted by molar-refractivity contribution is 7.09. The van der Waals surface area contributed by atoms with Gasteiger partial charge < -0.3 is 9.80 Å². The Bertz CT molecular complexity index is 955. The second-order valence-corrected chi connectivity index (χ2v) is 13.9. The zero-order valence-corrected chi connectivity index (χ0v) is 22.6. The third-order valence-electron chi connectivity index (χ3n) is 11.8. The Morgan fingerprint density at radius 3 is 2.79 bits per heavy atom. The van der Waals surface area contributed by atoms with Crippen molar-refractivity contribution in [3.05, 3.63) is 34.0 Å². The van der Waals surface area contributed by atoms with Crippen LogP contribution in [0.4, 0.5) is 0 Å². The number of carbonyl (C=O) groups excluding carboxylic acids is 1. The minimum absolute atomic E-state index is 0.326. The standard InChI is InChI=1S/C30H44N2OS/c1-20-25-10-11-27-24-9-7-21-18-22(32(4)28(33)12-8-23-6-5-17-34-23)13-15-29(21,2)26(24)14-16-30(25,27)19-31(20)3/h5-7,17,20,22,24-27H,8-16,18-19H2,1-4H3/t20-,22-,24+,25+,26?,27-,29-,30-/m0/s1. The van der Waals surface area contributed by atoms with Gasteiger partial charge in [-0.15, -0.1) is 11.3 Å². The summed E-state index contributed by atoms with van der Waals surface area (Å²) in [6.07, 6.45) is 14.9. The molecule has 1 saturated heterocycles. The molecular formula is C30H44N2OS. The molecule has 3 saturated carbocycles. The fraction of sp³-hybridized carbons (Fsp3) is 0.767. The lowest BCUT2D eigenvalue weighted by molar-refractivity contribution is -0.133. The molecule has 2 heterocycles. The average molecular weight is 481 g/mol. The van der Waals surface area contributed by atoms with E-state index in [9.17, 15) is 4.79 Å². The third-order valence-corrected chi connectivity index (χ3v) is 12.7. The normalized spacial score (nSPS) is 43.5. The number of amides is 1. The molecule has 1 amide bonds. The Kier molecular flexibility index (Phi) is 5.80. The number of carbonyl (C=O) groups is 1. The van der Waals surface area contributed by atoms with Crippen LogP contribution in [0.25, 0.3) is 0 Å². The maximum absolute atomic E-state index is 13.0. The van der Waals surface area contributed by atoms with Crippen molar-refractivity contribution in [2.75, 3.05) is 20.6 Å². The molecule has 34 heavy (non-hydrogen) atoms. The monoisotopic (exact) mass is 480 g/mol. The van der Waals surface area contributed by atoms with Crippen molar-refractivity contribution in [2.24, 2.45) is 34.5 Å². The molecule has 4 heteroatoms. The van der Waals surface area contributed by atoms with Gasteiger partial charge in [0.1, 0.15) is 0 Å². The predicted octanol–water partition coefficient (Wildman–Crippen LogP) is 6.40. The minimum Gasteiger partial charge on any atom is -0.342 e. The van der Waals surface area contributed by atoms with Gasteiger partial charge in [-0.25, -0.2) is 0 Å². The fourth-order valence-corrected chi connectivity index (χ4v) is 10.5. The molecule has 8 atom stereocenters. The van der Waals surface area contributed by atoms with E-state index < -0.39 is 0 Å². The van der Waals surface area contributed by atoms with E-state index in [1.165, 1.54) is 56.4 Å². The van der Waals surface area contributed by atoms with Crippen molar-refractivity contribution in [1.29, 1.82) is 0 Å². The zero-order valence-electron chi connectivity index (χ0n) is 21.8. The maximum Gasteiger partial charge on any atom is 0.222 e. The molecule has 4 aliphatic carbocycles. The summed E-state index contributed by atoms with van der Waals surface area (Å²) in [5.74, 6) is 3.97. The SMILES string of the molecule is C[C@H]1[C@H]2CC[C@H]3[C@@H]4CC=C5C[C@@H](N(C)C(=O)CCc6cccs6)CC[C@]5(C)C4CC[C@]23CN1C. The number of nitrogens with zero attached hydrogens (tertiary/aromatic N) is 2. The van der Waals surface area contributed by atoms with E-state index in [0.717, 1.165) is 42.6 Å². The lowest BCUT2D eigenvalue weighted by Crippen LogP contribution is -2.53. The Hall–Kier alpha value is -1.13. The van der Waals surface area contributed by atoms with E-state index in [0.29, 0.717) is 29.2 Å². The molecule has 1 aromatic heterocycles. The first-order valence-corrected chi connectivity index (χ1v) is 14.9. The van der Waals surface area contributed by atoms with Crippen molar-refractivity contribution < 1.29 is 4.79 Å². The third kappa shape index (κ3) is 3.41. The molecule has 0 N–H and O–H groups in total. The smallest absolute Gasteiger partial charge is 0.222 e. The molecule has 186 valence electrons. The van der Waals surface area contributed by atoms with Crippen molar-refractivity contribution in [1.82, 2.24) is 9.80 Å². The van der Waals surface area contributed by atoms with Gasteiger partial charge in [-0.05, 0) is 118 Å². The Balaban J connectivity index is 1.16. The molecule has 0 bridgehead atoms. The lowest BCUT2D eigenvalue weighted by Gasteiger charge is -2.58. The summed E-state index contributed by atoms with van der Waals surface area (Å²) in [5, 5.41) is 2.11. The number of hydrogen-bond donors (Lipinski definition) is 0. The van der Waals surface area contributed by atoms with Gasteiger partial charge >= 0.3 is 0 Å². The molecule has 5 aliphatic rings. The molecule has 3 nitrogen and oxygen atoms in total. The number of aryl methyl sites for hydroxylation is 1. The molecular weight excluding hydrogens is 436 g/mol. The first-order valence-electron chi connectivity index (χ1n) is 14.0. The summed E-state index contributed by atoms with van der Waals surface area (Å²) >= 11 is 1.77. The van der Waals surface area contributed by atoms with E-state index in [1.54, 1.807) is 16.9 Å². The van der Waals surface area contributed by atoms with Crippen LogP contribution in [0.15, 0.2) is 29.2 Å². The number of allylic oxidation sites excluding steroid dienone is 1. The van der Waals surface area contributed by atoms with Crippen molar-refractivity contribution in [2.45, 2.75) is 90.1 Å². The molecule has 1 aliphatic heterocycles. The highest BCUT2D eigenvalue weighted by Crippen LogP contribution is 2.68. The fourth-order valence-electron chi connectivity index (χ4n) is 9.84. The highest BCUT2D eigenvalue weighted by Gasteiger charge is 2.64. The molecule has 6 rings (SSSR count). The second-order valence-electron chi connectivity index (χ2n) is 12.9. The van der Waals surface area contributed by atoms with Crippen molar-refractivity contribution >= 4 is 17.2 Å². The van der Waals surface area contributed by atoms with Crippen LogP contribution in [0.2, 0.25) is 0 Å². The van der Waals surface area contributed by atoms with Crippen LogP contribution < -0.4 is 0 Å². The number of likely N-dealkylation sites (tertiary alicyclic amines) is 1. The summed E-state index contributed by atoms with van der Waals surface area (Å²) in [4.78, 5) is 19.1. The largest absolute Gasteiger partial charge is 0.342 e. The van der Waals surface area contributed by atoms with Gasteiger partial charge in [0.2, 0.25) is 5.91 Å². The van der Waals surface area contributed by atoms with Crippen LogP contribution >= 0.6 is 11.3 Å². The number of thiophene rings is 1. The molecule has 4 fully saturated rings. The van der Waals surface area contributed by atoms with Crippen LogP contribution in [-0.2, 0) is 11.2 Å². The first kappa shape index (κ1) is 23.3. The van der Waals surface area contributed by atoms with Gasteiger partial charge in [0.25, 0.3) is 0 Å². The second kappa shape index (κ2) is 8.47. The van der Waals surface area contributed by atoms with Gasteiger partial charge in [-0.1, -0.05) is 24.6 Å². The Morgan fingerprint density at radius 2 is 2.00 bits per heavy atom. The summed E-state index contributed by atoms with van der Waals surface area (Å²) in [6.45, 7) is 6.45. The van der Waals surface area contributed by atoms with Gasteiger partial charge in [0.05, 0.1) is 0 Å². The van der Waals surface area contributed by atoms with Gasteiger partial charge in [-0.3, -0.25) is 4.79 Å². The summed E-state index contributed by atoms with van der Waals surface area (Å²) in [6, 6.07) is 5.40. The number of rotatable bonds is 4. The number of hydrogen-bond acceptors (Lipinski definition) is 3. The topological polar surface area (TPSA) is 23.6 Å². The van der Waals surface area contributed by atoms with Crippen LogP contribution in [0, 0.1) is 34.5 Å². The van der Waals surface area contributed by atoms with Crippen LogP contribution in [-0.4, -0.2) is 48.4 Å². The van der Waals surface area contributed by atoms with E-state index in [4.69, 9.17) is 0 Å². The molecule has 1 aromatic rings. The summed E-state index contributed by atoms with van der Waals surface area (Å²) in [5.41, 5.74) is 2.69. The first-order chi connectivity index (χ1) is 16.3. The minimum atomic E-state index is 0.326. The number of fused-ring (bicyclic) bond motifs is 4. The molecule has 1 unspecified atom stereocenters. The Morgan fingerprint density at radius 1 is 1.18 bits per heavy atom. The van der Waals surface area contributed by atoms with E-state index in [1.807, 2.05) is 0 Å². The lowest BCUT2D eigenvalue weighted by atomic mass is 9.47. The highest BCUT2D eigenvalue weighted by atomic mass is 32.1. The van der Waals surface area contributed by atoms with Crippen LogP contribution in [0.1, 0.15) is 76.5 Å². The van der Waals surface area contributed by atoms with Crippen LogP contribution in [0.5, 0.6) is 0 Å². The van der Waals surface area contributed by atoms with E-state index in [2.05, 4.69) is 61.3 Å². The van der Waals surface area contributed by atoms with E-state index >= 15 is 0 Å². The van der Waals surface area contributed by atoms with Gasteiger partial charge in [-0.2, -0.15) is 0 Å². The molecule has 0 radical (unpaired) electrons. The van der Waals surface area contributed by atoms with Crippen molar-refractivity contribution in [3.63, 3.8) is 0 Å². The Labute approximate surface area is 211 Å². The van der Waals surface area contributed by atoms with E-state index in [-0.39, 0.29) is 0 Å². The predicted molar refractivity (Wildman–Crippen MR) is 141 cm³/mol.